The van der Waals surface area contributed by atoms with Crippen LogP contribution in [0.4, 0.5) is 0 Å². The Labute approximate surface area is 177 Å². The van der Waals surface area contributed by atoms with Crippen LogP contribution in [-0.2, 0) is 17.6 Å². The molecule has 1 aromatic carbocycles. The minimum absolute atomic E-state index is 0.0186. The Balaban J connectivity index is 2.36. The minimum Gasteiger partial charge on any atom is -0.268 e. The lowest BCUT2D eigenvalue weighted by Crippen LogP contribution is -2.14. The number of aromatic nitrogens is 1. The first kappa shape index (κ1) is 22.0. The van der Waals surface area contributed by atoms with Crippen molar-refractivity contribution in [1.82, 2.24) is 4.98 Å². The average Bonchev–Trinajstić information content (AvgIpc) is 2.64. The molecule has 144 valence electrons. The van der Waals surface area contributed by atoms with Crippen molar-refractivity contribution < 1.29 is 0 Å². The van der Waals surface area contributed by atoms with Crippen LogP contribution in [0.5, 0.6) is 0 Å². The monoisotopic (exact) mass is 420 g/mol. The Hall–Kier alpha value is -1.29. The number of hydrogen-bond acceptors (Lipinski definition) is 3. The molecule has 0 saturated carbocycles. The molecule has 0 N–H and O–H groups in total. The summed E-state index contributed by atoms with van der Waals surface area (Å²) in [4.78, 5) is 9.92. The molecule has 0 unspecified atom stereocenters. The lowest BCUT2D eigenvalue weighted by Gasteiger charge is -2.18. The highest BCUT2D eigenvalue weighted by atomic mass is 35.5. The van der Waals surface area contributed by atoms with Gasteiger partial charge >= 0.3 is 0 Å². The summed E-state index contributed by atoms with van der Waals surface area (Å²) in [5, 5.41) is 1.18. The zero-order chi connectivity index (χ0) is 20.2. The first-order chi connectivity index (χ1) is 12.7. The van der Waals surface area contributed by atoms with E-state index in [9.17, 15) is 0 Å². The van der Waals surface area contributed by atoms with E-state index in [2.05, 4.69) is 51.5 Å². The van der Waals surface area contributed by atoms with Gasteiger partial charge in [0.2, 0.25) is 0 Å². The maximum atomic E-state index is 6.58. The Bertz CT molecular complexity index is 867. The van der Waals surface area contributed by atoms with Gasteiger partial charge in [0.1, 0.15) is 0 Å². The number of pyridine rings is 1. The van der Waals surface area contributed by atoms with Crippen molar-refractivity contribution in [3.63, 3.8) is 0 Å². The van der Waals surface area contributed by atoms with Crippen LogP contribution in [0, 0.1) is 0 Å². The molecule has 1 heterocycles. The standard InChI is InChI=1S/C22H26Cl2N2S/c1-7-15-11-12-17(20(24)19(15)23)21(14(2)25-6)27-13-16-9-8-10-18(26-16)22(3,4)5/h8-12H,6-7,13H2,1-5H3/b21-14-. The Kier molecular flexibility index (Phi) is 7.55. The summed E-state index contributed by atoms with van der Waals surface area (Å²) in [6.07, 6.45) is 0.841. The van der Waals surface area contributed by atoms with Gasteiger partial charge in [-0.25, -0.2) is 0 Å². The minimum atomic E-state index is 0.0186. The molecule has 0 bridgehead atoms. The third-order valence-corrected chi connectivity index (χ3v) is 6.46. The molecule has 0 amide bonds. The summed E-state index contributed by atoms with van der Waals surface area (Å²) in [7, 11) is 0. The number of aliphatic imine (C=N–C) groups is 1. The lowest BCUT2D eigenvalue weighted by atomic mass is 9.91. The van der Waals surface area contributed by atoms with Crippen LogP contribution < -0.4 is 0 Å². The second-order valence-electron chi connectivity index (χ2n) is 7.38. The van der Waals surface area contributed by atoms with E-state index in [1.807, 2.05) is 25.1 Å². The van der Waals surface area contributed by atoms with Gasteiger partial charge in [-0.1, -0.05) is 69.1 Å². The second-order valence-corrected chi connectivity index (χ2v) is 9.12. The predicted octanol–water partition coefficient (Wildman–Crippen LogP) is 7.57. The highest BCUT2D eigenvalue weighted by Gasteiger charge is 2.18. The van der Waals surface area contributed by atoms with Gasteiger partial charge in [0.05, 0.1) is 21.4 Å². The lowest BCUT2D eigenvalue weighted by molar-refractivity contribution is 0.567. The fraction of sp³-hybridized carbons (Fsp3) is 0.364. The van der Waals surface area contributed by atoms with E-state index in [1.165, 1.54) is 0 Å². The van der Waals surface area contributed by atoms with Crippen molar-refractivity contribution in [2.45, 2.75) is 52.2 Å². The number of thioether (sulfide) groups is 1. The maximum absolute atomic E-state index is 6.58. The Morgan fingerprint density at radius 3 is 2.44 bits per heavy atom. The van der Waals surface area contributed by atoms with Gasteiger partial charge in [-0.05, 0) is 37.8 Å². The van der Waals surface area contributed by atoms with Gasteiger partial charge in [0, 0.05) is 27.3 Å². The molecule has 2 nitrogen and oxygen atoms in total. The third-order valence-electron chi connectivity index (χ3n) is 4.29. The van der Waals surface area contributed by atoms with Crippen LogP contribution in [-0.4, -0.2) is 11.7 Å². The smallest absolute Gasteiger partial charge is 0.0679 e. The summed E-state index contributed by atoms with van der Waals surface area (Å²) in [6.45, 7) is 14.2. The summed E-state index contributed by atoms with van der Waals surface area (Å²) in [6, 6.07) is 10.2. The molecule has 1 aromatic heterocycles. The van der Waals surface area contributed by atoms with Crippen LogP contribution in [0.2, 0.25) is 10.0 Å². The highest BCUT2D eigenvalue weighted by molar-refractivity contribution is 8.07. The van der Waals surface area contributed by atoms with E-state index in [0.717, 1.165) is 45.3 Å². The zero-order valence-electron chi connectivity index (χ0n) is 16.6. The van der Waals surface area contributed by atoms with E-state index in [-0.39, 0.29) is 5.41 Å². The van der Waals surface area contributed by atoms with E-state index >= 15 is 0 Å². The van der Waals surface area contributed by atoms with Crippen LogP contribution >= 0.6 is 35.0 Å². The quantitative estimate of drug-likeness (QED) is 0.450. The summed E-state index contributed by atoms with van der Waals surface area (Å²) in [5.41, 5.74) is 4.88. The van der Waals surface area contributed by atoms with Crippen molar-refractivity contribution in [2.24, 2.45) is 4.99 Å². The number of hydrogen-bond donors (Lipinski definition) is 0. The van der Waals surface area contributed by atoms with Crippen molar-refractivity contribution >= 4 is 46.6 Å². The Morgan fingerprint density at radius 1 is 1.15 bits per heavy atom. The zero-order valence-corrected chi connectivity index (χ0v) is 18.9. The van der Waals surface area contributed by atoms with Gasteiger partial charge in [-0.2, -0.15) is 0 Å². The van der Waals surface area contributed by atoms with Crippen molar-refractivity contribution in [1.29, 1.82) is 0 Å². The normalized spacial score (nSPS) is 12.7. The first-order valence-electron chi connectivity index (χ1n) is 8.93. The van der Waals surface area contributed by atoms with Crippen LogP contribution in [0.3, 0.4) is 0 Å². The van der Waals surface area contributed by atoms with Crippen molar-refractivity contribution in [3.8, 4) is 0 Å². The number of halogens is 2. The molecule has 0 spiro atoms. The number of benzene rings is 1. The number of allylic oxidation sites excluding steroid dienone is 1. The topological polar surface area (TPSA) is 25.2 Å². The van der Waals surface area contributed by atoms with Crippen LogP contribution in [0.25, 0.3) is 4.91 Å². The molecule has 2 rings (SSSR count). The molecule has 0 atom stereocenters. The molecule has 5 heteroatoms. The molecule has 0 aliphatic rings. The number of nitrogens with zero attached hydrogens (tertiary/aromatic N) is 2. The average molecular weight is 421 g/mol. The van der Waals surface area contributed by atoms with E-state index < -0.39 is 0 Å². The molecule has 0 aliphatic carbocycles. The Morgan fingerprint density at radius 2 is 1.85 bits per heavy atom. The van der Waals surface area contributed by atoms with E-state index in [1.54, 1.807) is 11.8 Å². The SMILES string of the molecule is C=N/C(C)=C(\SCc1cccc(C(C)(C)C)n1)c1ccc(CC)c(Cl)c1Cl. The van der Waals surface area contributed by atoms with Crippen molar-refractivity contribution in [3.05, 3.63) is 68.6 Å². The second kappa shape index (κ2) is 9.27. The molecule has 0 saturated heterocycles. The summed E-state index contributed by atoms with van der Waals surface area (Å²) >= 11 is 14.7. The molecule has 2 aromatic rings. The molecule has 0 aliphatic heterocycles. The van der Waals surface area contributed by atoms with Gasteiger partial charge in [0.25, 0.3) is 0 Å². The molecule has 0 radical (unpaired) electrons. The van der Waals surface area contributed by atoms with Crippen LogP contribution in [0.1, 0.15) is 57.1 Å². The van der Waals surface area contributed by atoms with Crippen molar-refractivity contribution in [2.75, 3.05) is 0 Å². The van der Waals surface area contributed by atoms with Gasteiger partial charge in [-0.15, -0.1) is 11.8 Å². The van der Waals surface area contributed by atoms with Gasteiger partial charge in [-0.3, -0.25) is 9.98 Å². The first-order valence-corrected chi connectivity index (χ1v) is 10.7. The fourth-order valence-corrected chi connectivity index (χ4v) is 4.30. The summed E-state index contributed by atoms with van der Waals surface area (Å²) < 4.78 is 0. The molecular formula is C22H26Cl2N2S. The van der Waals surface area contributed by atoms with E-state index in [4.69, 9.17) is 28.2 Å². The fourth-order valence-electron chi connectivity index (χ4n) is 2.61. The maximum Gasteiger partial charge on any atom is 0.0679 e. The number of rotatable bonds is 6. The van der Waals surface area contributed by atoms with Gasteiger partial charge in [0.15, 0.2) is 0 Å². The van der Waals surface area contributed by atoms with Crippen LogP contribution in [0.15, 0.2) is 41.0 Å². The molecule has 0 fully saturated rings. The number of aryl methyl sites for hydroxylation is 1. The molecular weight excluding hydrogens is 395 g/mol. The highest BCUT2D eigenvalue weighted by Crippen LogP contribution is 2.41. The third kappa shape index (κ3) is 5.37. The molecule has 27 heavy (non-hydrogen) atoms. The van der Waals surface area contributed by atoms with E-state index in [0.29, 0.717) is 10.0 Å². The van der Waals surface area contributed by atoms with Gasteiger partial charge < -0.3 is 0 Å². The largest absolute Gasteiger partial charge is 0.268 e. The summed E-state index contributed by atoms with van der Waals surface area (Å²) in [5.74, 6) is 0.718. The predicted molar refractivity (Wildman–Crippen MR) is 122 cm³/mol.